The average Bonchev–Trinajstić information content (AvgIpc) is 2.49. The number of aromatic nitrogens is 2. The predicted octanol–water partition coefficient (Wildman–Crippen LogP) is 2.52. The van der Waals surface area contributed by atoms with Crippen LogP contribution in [0.2, 0.25) is 0 Å². The first-order chi connectivity index (χ1) is 9.79. The van der Waals surface area contributed by atoms with Crippen molar-refractivity contribution >= 4 is 27.6 Å². The van der Waals surface area contributed by atoms with Crippen LogP contribution in [0.1, 0.15) is 19.3 Å². The molecule has 0 spiro atoms. The summed E-state index contributed by atoms with van der Waals surface area (Å²) in [6, 6.07) is 0. The van der Waals surface area contributed by atoms with Gasteiger partial charge < -0.3 is 14.6 Å². The minimum Gasteiger partial charge on any atom is -0.396 e. The molecular formula is C13H16BrN5O. The van der Waals surface area contributed by atoms with E-state index in [1.807, 2.05) is 0 Å². The molecule has 0 bridgehead atoms. The van der Waals surface area contributed by atoms with Crippen molar-refractivity contribution in [2.24, 2.45) is 5.16 Å². The van der Waals surface area contributed by atoms with E-state index >= 15 is 0 Å². The van der Waals surface area contributed by atoms with Crippen LogP contribution in [0.25, 0.3) is 4.85 Å². The van der Waals surface area contributed by atoms with E-state index in [0.29, 0.717) is 13.2 Å². The van der Waals surface area contributed by atoms with E-state index in [-0.39, 0.29) is 0 Å². The van der Waals surface area contributed by atoms with Crippen LogP contribution in [-0.2, 0) is 4.84 Å². The molecule has 1 aromatic rings. The van der Waals surface area contributed by atoms with E-state index in [0.717, 1.165) is 48.5 Å². The molecule has 2 heterocycles. The van der Waals surface area contributed by atoms with Crippen molar-refractivity contribution in [2.75, 3.05) is 31.1 Å². The molecule has 0 amide bonds. The SMILES string of the molecule is [C-]#[N+]CCCON=C1CCN(c2ncc(Br)cn2)CC1. The fourth-order valence-corrected chi connectivity index (χ4v) is 2.07. The molecule has 1 fully saturated rings. The minimum atomic E-state index is 0.500. The van der Waals surface area contributed by atoms with Crippen molar-refractivity contribution in [1.29, 1.82) is 0 Å². The summed E-state index contributed by atoms with van der Waals surface area (Å²) in [5.74, 6) is 0.755. The lowest BCUT2D eigenvalue weighted by Crippen LogP contribution is -2.35. The van der Waals surface area contributed by atoms with Gasteiger partial charge in [-0.25, -0.2) is 16.5 Å². The summed E-state index contributed by atoms with van der Waals surface area (Å²) in [6.07, 6.45) is 5.97. The second kappa shape index (κ2) is 7.80. The standard InChI is InChI=1S/C13H16BrN5O/c1-15-5-2-8-20-18-12-3-6-19(7-4-12)13-16-9-11(14)10-17-13/h9-10H,2-8H2. The summed E-state index contributed by atoms with van der Waals surface area (Å²) >= 11 is 3.33. The summed E-state index contributed by atoms with van der Waals surface area (Å²) in [7, 11) is 0. The molecule has 0 atom stereocenters. The molecule has 1 saturated heterocycles. The highest BCUT2D eigenvalue weighted by Gasteiger charge is 2.17. The van der Waals surface area contributed by atoms with Gasteiger partial charge in [0.1, 0.15) is 6.61 Å². The van der Waals surface area contributed by atoms with Crippen LogP contribution in [-0.4, -0.2) is 41.9 Å². The van der Waals surface area contributed by atoms with Gasteiger partial charge in [-0.05, 0) is 15.9 Å². The van der Waals surface area contributed by atoms with Crippen molar-refractivity contribution < 1.29 is 4.84 Å². The Morgan fingerprint density at radius 2 is 2.05 bits per heavy atom. The average molecular weight is 338 g/mol. The van der Waals surface area contributed by atoms with E-state index in [1.165, 1.54) is 0 Å². The Hall–Kier alpha value is -1.68. The normalized spacial score (nSPS) is 14.8. The maximum Gasteiger partial charge on any atom is 0.225 e. The number of anilines is 1. The molecule has 0 N–H and O–H groups in total. The highest BCUT2D eigenvalue weighted by molar-refractivity contribution is 9.10. The molecule has 6 nitrogen and oxygen atoms in total. The summed E-state index contributed by atoms with van der Waals surface area (Å²) in [5, 5.41) is 4.14. The third kappa shape index (κ3) is 4.46. The van der Waals surface area contributed by atoms with Gasteiger partial charge in [-0.3, -0.25) is 0 Å². The van der Waals surface area contributed by atoms with Crippen molar-refractivity contribution in [1.82, 2.24) is 9.97 Å². The molecule has 1 aliphatic rings. The Morgan fingerprint density at radius 1 is 1.35 bits per heavy atom. The van der Waals surface area contributed by atoms with E-state index in [9.17, 15) is 0 Å². The Labute approximate surface area is 126 Å². The van der Waals surface area contributed by atoms with Gasteiger partial charge in [0.05, 0.1) is 16.6 Å². The Kier molecular flexibility index (Phi) is 5.74. The monoisotopic (exact) mass is 337 g/mol. The molecule has 1 aromatic heterocycles. The fourth-order valence-electron chi connectivity index (χ4n) is 1.87. The van der Waals surface area contributed by atoms with Crippen LogP contribution >= 0.6 is 15.9 Å². The lowest BCUT2D eigenvalue weighted by atomic mass is 10.1. The molecule has 0 radical (unpaired) electrons. The Balaban J connectivity index is 1.76. The number of nitrogens with zero attached hydrogens (tertiary/aromatic N) is 5. The number of hydrogen-bond acceptors (Lipinski definition) is 5. The van der Waals surface area contributed by atoms with E-state index in [4.69, 9.17) is 11.4 Å². The first-order valence-electron chi connectivity index (χ1n) is 6.53. The molecule has 0 aliphatic carbocycles. The fraction of sp³-hybridized carbons (Fsp3) is 0.538. The van der Waals surface area contributed by atoms with Crippen LogP contribution in [0, 0.1) is 6.57 Å². The van der Waals surface area contributed by atoms with Crippen molar-refractivity contribution in [3.63, 3.8) is 0 Å². The number of hydrogen-bond donors (Lipinski definition) is 0. The van der Waals surface area contributed by atoms with E-state index in [2.05, 4.69) is 40.8 Å². The second-order valence-electron chi connectivity index (χ2n) is 4.41. The topological polar surface area (TPSA) is 55.0 Å². The third-order valence-corrected chi connectivity index (χ3v) is 3.34. The van der Waals surface area contributed by atoms with Gasteiger partial charge in [0.25, 0.3) is 0 Å². The quantitative estimate of drug-likeness (QED) is 0.470. The highest BCUT2D eigenvalue weighted by atomic mass is 79.9. The molecule has 0 aromatic carbocycles. The molecule has 2 rings (SSSR count). The zero-order valence-corrected chi connectivity index (χ0v) is 12.7. The number of piperidine rings is 1. The van der Waals surface area contributed by atoms with Gasteiger partial charge >= 0.3 is 0 Å². The Morgan fingerprint density at radius 3 is 2.70 bits per heavy atom. The van der Waals surface area contributed by atoms with E-state index < -0.39 is 0 Å². The molecule has 7 heteroatoms. The van der Waals surface area contributed by atoms with Gasteiger partial charge in [-0.15, -0.1) is 0 Å². The van der Waals surface area contributed by atoms with Crippen molar-refractivity contribution in [3.8, 4) is 0 Å². The van der Waals surface area contributed by atoms with Gasteiger partial charge in [0.15, 0.2) is 0 Å². The van der Waals surface area contributed by atoms with Gasteiger partial charge in [-0.2, -0.15) is 0 Å². The minimum absolute atomic E-state index is 0.500. The van der Waals surface area contributed by atoms with Gasteiger partial charge in [0.2, 0.25) is 12.5 Å². The van der Waals surface area contributed by atoms with Crippen LogP contribution in [0.15, 0.2) is 22.0 Å². The van der Waals surface area contributed by atoms with Crippen LogP contribution < -0.4 is 4.90 Å². The largest absolute Gasteiger partial charge is 0.396 e. The first-order valence-corrected chi connectivity index (χ1v) is 7.32. The number of halogens is 1. The first kappa shape index (κ1) is 14.7. The maximum absolute atomic E-state index is 6.66. The lowest BCUT2D eigenvalue weighted by molar-refractivity contribution is 0.143. The zero-order valence-electron chi connectivity index (χ0n) is 11.1. The van der Waals surface area contributed by atoms with Gasteiger partial charge in [0, 0.05) is 38.3 Å². The predicted molar refractivity (Wildman–Crippen MR) is 80.7 cm³/mol. The maximum atomic E-state index is 6.66. The molecule has 1 aliphatic heterocycles. The second-order valence-corrected chi connectivity index (χ2v) is 5.33. The zero-order chi connectivity index (χ0) is 14.2. The van der Waals surface area contributed by atoms with Crippen molar-refractivity contribution in [3.05, 3.63) is 28.3 Å². The highest BCUT2D eigenvalue weighted by Crippen LogP contribution is 2.15. The summed E-state index contributed by atoms with van der Waals surface area (Å²) in [5.41, 5.74) is 1.07. The molecule has 20 heavy (non-hydrogen) atoms. The van der Waals surface area contributed by atoms with Crippen molar-refractivity contribution in [2.45, 2.75) is 19.3 Å². The molecule has 106 valence electrons. The molecular weight excluding hydrogens is 322 g/mol. The van der Waals surface area contributed by atoms with Crippen LogP contribution in [0.5, 0.6) is 0 Å². The van der Waals surface area contributed by atoms with Crippen LogP contribution in [0.3, 0.4) is 0 Å². The summed E-state index contributed by atoms with van der Waals surface area (Å²) in [4.78, 5) is 19.2. The van der Waals surface area contributed by atoms with Crippen LogP contribution in [0.4, 0.5) is 5.95 Å². The summed E-state index contributed by atoms with van der Waals surface area (Å²) < 4.78 is 0.883. The smallest absolute Gasteiger partial charge is 0.225 e. The van der Waals surface area contributed by atoms with E-state index in [1.54, 1.807) is 12.4 Å². The number of oxime groups is 1. The molecule has 0 unspecified atom stereocenters. The lowest BCUT2D eigenvalue weighted by Gasteiger charge is -2.27. The summed E-state index contributed by atoms with van der Waals surface area (Å²) in [6.45, 7) is 9.39. The molecule has 0 saturated carbocycles. The number of rotatable bonds is 5. The van der Waals surface area contributed by atoms with Gasteiger partial charge in [-0.1, -0.05) is 5.16 Å². The Bertz CT molecular complexity index is 486. The third-order valence-electron chi connectivity index (χ3n) is 2.93.